The first-order valence-electron chi connectivity index (χ1n) is 10.9. The van der Waals surface area contributed by atoms with Crippen LogP contribution in [0.1, 0.15) is 31.0 Å². The molecule has 2 aliphatic rings. The van der Waals surface area contributed by atoms with Crippen molar-refractivity contribution in [2.45, 2.75) is 50.5 Å². The maximum atomic E-state index is 12.3. The van der Waals surface area contributed by atoms with Crippen molar-refractivity contribution in [3.05, 3.63) is 53.6 Å². The van der Waals surface area contributed by atoms with E-state index in [0.29, 0.717) is 23.4 Å². The Kier molecular flexibility index (Phi) is 6.38. The third kappa shape index (κ3) is 3.96. The number of hydrogen-bond acceptors (Lipinski definition) is 9. The number of nitrogens with two attached hydrogens (primary N) is 1. The SMILES string of the molecule is CCOC(=O)O[C@@H]1Cc2ccccc2N1[C@H]1c2cc(N)ccc2O[C@](C)(C(OC)OC)[C@@H]1O. The lowest BCUT2D eigenvalue weighted by Gasteiger charge is -2.50. The quantitative estimate of drug-likeness (QED) is 0.383. The van der Waals surface area contributed by atoms with Crippen LogP contribution in [0.3, 0.4) is 0 Å². The van der Waals surface area contributed by atoms with Crippen LogP contribution in [-0.4, -0.2) is 56.3 Å². The molecule has 0 aromatic heterocycles. The fourth-order valence-corrected chi connectivity index (χ4v) is 4.79. The van der Waals surface area contributed by atoms with E-state index in [2.05, 4.69) is 0 Å². The van der Waals surface area contributed by atoms with E-state index in [4.69, 9.17) is 29.4 Å². The number of nitrogens with zero attached hydrogens (tertiary/aromatic N) is 1. The number of methoxy groups -OCH3 is 2. The number of benzene rings is 2. The molecular formula is C24H30N2O7. The summed E-state index contributed by atoms with van der Waals surface area (Å²) in [5.41, 5.74) is 7.83. The molecule has 0 radical (unpaired) electrons. The molecule has 9 nitrogen and oxygen atoms in total. The van der Waals surface area contributed by atoms with Gasteiger partial charge in [0.15, 0.2) is 18.1 Å². The van der Waals surface area contributed by atoms with Gasteiger partial charge in [0.1, 0.15) is 11.9 Å². The first-order valence-corrected chi connectivity index (χ1v) is 10.9. The summed E-state index contributed by atoms with van der Waals surface area (Å²) in [6.45, 7) is 3.63. The molecule has 2 heterocycles. The van der Waals surface area contributed by atoms with Gasteiger partial charge in [0.25, 0.3) is 0 Å². The number of aliphatic hydroxyl groups excluding tert-OH is 1. The van der Waals surface area contributed by atoms with Gasteiger partial charge < -0.3 is 39.4 Å². The number of aliphatic hydroxyl groups is 1. The maximum absolute atomic E-state index is 12.3. The molecule has 3 N–H and O–H groups in total. The Morgan fingerprint density at radius 3 is 2.70 bits per heavy atom. The first-order chi connectivity index (χ1) is 15.8. The predicted octanol–water partition coefficient (Wildman–Crippen LogP) is 3.00. The van der Waals surface area contributed by atoms with E-state index in [1.54, 1.807) is 32.0 Å². The lowest BCUT2D eigenvalue weighted by atomic mass is 9.83. The van der Waals surface area contributed by atoms with Gasteiger partial charge in [0.05, 0.1) is 12.6 Å². The van der Waals surface area contributed by atoms with E-state index in [0.717, 1.165) is 11.3 Å². The highest BCUT2D eigenvalue weighted by atomic mass is 16.7. The van der Waals surface area contributed by atoms with Crippen molar-refractivity contribution in [2.24, 2.45) is 0 Å². The zero-order chi connectivity index (χ0) is 23.8. The highest BCUT2D eigenvalue weighted by Gasteiger charge is 2.56. The number of fused-ring (bicyclic) bond motifs is 2. The molecule has 2 aromatic rings. The summed E-state index contributed by atoms with van der Waals surface area (Å²) in [4.78, 5) is 14.2. The van der Waals surface area contributed by atoms with Gasteiger partial charge in [0, 0.05) is 37.6 Å². The van der Waals surface area contributed by atoms with Crippen molar-refractivity contribution in [3.8, 4) is 5.75 Å². The highest BCUT2D eigenvalue weighted by Crippen LogP contribution is 2.50. The number of nitrogen functional groups attached to an aromatic ring is 1. The van der Waals surface area contributed by atoms with Crippen LogP contribution < -0.4 is 15.4 Å². The molecule has 4 rings (SSSR count). The fraction of sp³-hybridized carbons (Fsp3) is 0.458. The highest BCUT2D eigenvalue weighted by molar-refractivity contribution is 5.66. The van der Waals surface area contributed by atoms with Gasteiger partial charge in [-0.15, -0.1) is 0 Å². The minimum Gasteiger partial charge on any atom is -0.479 e. The Bertz CT molecular complexity index is 1010. The molecule has 9 heteroatoms. The first kappa shape index (κ1) is 23.2. The molecule has 2 aliphatic heterocycles. The molecule has 0 aliphatic carbocycles. The fourth-order valence-electron chi connectivity index (χ4n) is 4.79. The van der Waals surface area contributed by atoms with Gasteiger partial charge in [0.2, 0.25) is 0 Å². The van der Waals surface area contributed by atoms with Crippen molar-refractivity contribution in [3.63, 3.8) is 0 Å². The summed E-state index contributed by atoms with van der Waals surface area (Å²) >= 11 is 0. The minimum atomic E-state index is -1.27. The molecule has 0 bridgehead atoms. The number of ether oxygens (including phenoxy) is 5. The molecule has 0 amide bonds. The number of carbonyl (C=O) groups excluding carboxylic acids is 1. The monoisotopic (exact) mass is 458 g/mol. The summed E-state index contributed by atoms with van der Waals surface area (Å²) in [6.07, 6.45) is -3.06. The van der Waals surface area contributed by atoms with Gasteiger partial charge in [-0.25, -0.2) is 4.79 Å². The van der Waals surface area contributed by atoms with Crippen molar-refractivity contribution < 1.29 is 33.6 Å². The lowest BCUT2D eigenvalue weighted by molar-refractivity contribution is -0.238. The third-order valence-corrected chi connectivity index (χ3v) is 6.23. The second kappa shape index (κ2) is 9.09. The molecule has 0 spiro atoms. The molecule has 0 fully saturated rings. The summed E-state index contributed by atoms with van der Waals surface area (Å²) in [6, 6.07) is 12.3. The molecule has 4 atom stereocenters. The third-order valence-electron chi connectivity index (χ3n) is 6.23. The Balaban J connectivity index is 1.85. The van der Waals surface area contributed by atoms with E-state index in [-0.39, 0.29) is 6.61 Å². The smallest absolute Gasteiger partial charge is 0.479 e. The average Bonchev–Trinajstić information content (AvgIpc) is 3.13. The number of para-hydroxylation sites is 1. The summed E-state index contributed by atoms with van der Waals surface area (Å²) in [7, 11) is 2.97. The van der Waals surface area contributed by atoms with Crippen molar-refractivity contribution in [1.82, 2.24) is 0 Å². The number of carbonyl (C=O) groups is 1. The zero-order valence-corrected chi connectivity index (χ0v) is 19.2. The van der Waals surface area contributed by atoms with E-state index >= 15 is 0 Å². The molecular weight excluding hydrogens is 428 g/mol. The van der Waals surface area contributed by atoms with Crippen molar-refractivity contribution >= 4 is 17.5 Å². The van der Waals surface area contributed by atoms with Crippen LogP contribution in [0, 0.1) is 0 Å². The van der Waals surface area contributed by atoms with Crippen LogP contribution >= 0.6 is 0 Å². The summed E-state index contributed by atoms with van der Waals surface area (Å²) in [5, 5.41) is 11.8. The molecule has 0 saturated heterocycles. The molecule has 0 saturated carbocycles. The number of rotatable bonds is 6. The van der Waals surface area contributed by atoms with Gasteiger partial charge in [-0.1, -0.05) is 18.2 Å². The van der Waals surface area contributed by atoms with Gasteiger partial charge in [-0.2, -0.15) is 0 Å². The van der Waals surface area contributed by atoms with Gasteiger partial charge >= 0.3 is 6.16 Å². The maximum Gasteiger partial charge on any atom is 0.510 e. The Morgan fingerprint density at radius 2 is 2.00 bits per heavy atom. The normalized spacial score (nSPS) is 25.9. The summed E-state index contributed by atoms with van der Waals surface area (Å²) < 4.78 is 28.0. The molecule has 33 heavy (non-hydrogen) atoms. The van der Waals surface area contributed by atoms with Crippen LogP contribution in [-0.2, 0) is 25.4 Å². The second-order valence-electron chi connectivity index (χ2n) is 8.27. The molecule has 178 valence electrons. The van der Waals surface area contributed by atoms with Crippen molar-refractivity contribution in [2.75, 3.05) is 31.5 Å². The molecule has 2 aromatic carbocycles. The predicted molar refractivity (Wildman–Crippen MR) is 121 cm³/mol. The lowest BCUT2D eigenvalue weighted by Crippen LogP contribution is -2.63. The van der Waals surface area contributed by atoms with E-state index in [1.807, 2.05) is 29.2 Å². The Labute approximate surface area is 192 Å². The van der Waals surface area contributed by atoms with Crippen LogP contribution in [0.5, 0.6) is 5.75 Å². The van der Waals surface area contributed by atoms with E-state index in [9.17, 15) is 9.90 Å². The van der Waals surface area contributed by atoms with E-state index in [1.165, 1.54) is 14.2 Å². The van der Waals surface area contributed by atoms with Crippen molar-refractivity contribution in [1.29, 1.82) is 0 Å². The van der Waals surface area contributed by atoms with Crippen LogP contribution in [0.15, 0.2) is 42.5 Å². The van der Waals surface area contributed by atoms with Gasteiger partial charge in [-0.05, 0) is 43.7 Å². The number of anilines is 2. The van der Waals surface area contributed by atoms with Crippen LogP contribution in [0.25, 0.3) is 0 Å². The molecule has 0 unspecified atom stereocenters. The second-order valence-corrected chi connectivity index (χ2v) is 8.27. The van der Waals surface area contributed by atoms with Gasteiger partial charge in [-0.3, -0.25) is 0 Å². The van der Waals surface area contributed by atoms with Crippen LogP contribution in [0.2, 0.25) is 0 Å². The zero-order valence-electron chi connectivity index (χ0n) is 19.2. The average molecular weight is 459 g/mol. The largest absolute Gasteiger partial charge is 0.510 e. The number of hydrogen-bond donors (Lipinski definition) is 2. The standard InChI is InChI=1S/C24H30N2O7/c1-5-31-23(28)32-19-12-14-8-6-7-9-17(14)26(19)20-16-13-15(25)10-11-18(16)33-24(2,21(20)27)22(29-3)30-4/h6-11,13,19-22,27H,5,12,25H2,1-4H3/t19-,20+,21-,24+/m1/s1. The topological polar surface area (TPSA) is 113 Å². The summed E-state index contributed by atoms with van der Waals surface area (Å²) in [5.74, 6) is 0.528. The minimum absolute atomic E-state index is 0.194. The Hall–Kier alpha value is -3.01. The van der Waals surface area contributed by atoms with Crippen LogP contribution in [0.4, 0.5) is 16.2 Å². The Morgan fingerprint density at radius 1 is 1.27 bits per heavy atom. The van der Waals surface area contributed by atoms with E-state index < -0.39 is 36.4 Å².